The van der Waals surface area contributed by atoms with Gasteiger partial charge in [0.1, 0.15) is 0 Å². The monoisotopic (exact) mass is 367 g/mol. The van der Waals surface area contributed by atoms with Crippen molar-refractivity contribution in [1.82, 2.24) is 9.78 Å². The van der Waals surface area contributed by atoms with E-state index in [0.29, 0.717) is 12.5 Å². The lowest BCUT2D eigenvalue weighted by atomic mass is 10.0. The van der Waals surface area contributed by atoms with E-state index in [-0.39, 0.29) is 11.8 Å². The van der Waals surface area contributed by atoms with E-state index in [4.69, 9.17) is 0 Å². The Hall–Kier alpha value is -3.40. The molecule has 5 rings (SSSR count). The average molecular weight is 367 g/mol. The first-order valence-corrected chi connectivity index (χ1v) is 9.63. The number of fused-ring (bicyclic) bond motifs is 1. The van der Waals surface area contributed by atoms with Crippen LogP contribution in [0.25, 0.3) is 10.8 Å². The number of anilines is 1. The number of amides is 1. The third-order valence-electron chi connectivity index (χ3n) is 5.47. The topological polar surface area (TPSA) is 46.9 Å². The van der Waals surface area contributed by atoms with Crippen molar-refractivity contribution in [3.05, 3.63) is 96.3 Å². The molecule has 0 bridgehead atoms. The number of carbonyl (C=O) groups is 1. The molecule has 1 fully saturated rings. The fraction of sp³-hybridized carbons (Fsp3) is 0.167. The highest BCUT2D eigenvalue weighted by Crippen LogP contribution is 2.47. The summed E-state index contributed by atoms with van der Waals surface area (Å²) in [7, 11) is 0. The van der Waals surface area contributed by atoms with Gasteiger partial charge in [0.15, 0.2) is 0 Å². The Bertz CT molecular complexity index is 1130. The van der Waals surface area contributed by atoms with E-state index in [1.807, 2.05) is 35.1 Å². The van der Waals surface area contributed by atoms with Crippen LogP contribution in [0.4, 0.5) is 5.69 Å². The van der Waals surface area contributed by atoms with E-state index in [9.17, 15) is 4.79 Å². The maximum atomic E-state index is 12.6. The third kappa shape index (κ3) is 3.29. The van der Waals surface area contributed by atoms with Crippen molar-refractivity contribution in [3.63, 3.8) is 0 Å². The highest BCUT2D eigenvalue weighted by Gasteiger charge is 2.43. The first-order chi connectivity index (χ1) is 13.8. The molecule has 1 aliphatic carbocycles. The highest BCUT2D eigenvalue weighted by atomic mass is 16.2. The largest absolute Gasteiger partial charge is 0.323 e. The lowest BCUT2D eigenvalue weighted by Gasteiger charge is -2.06. The number of rotatable bonds is 5. The van der Waals surface area contributed by atoms with Gasteiger partial charge in [0.25, 0.3) is 0 Å². The Morgan fingerprint density at radius 1 is 1.00 bits per heavy atom. The number of carbonyl (C=O) groups excluding carboxylic acids is 1. The molecule has 1 N–H and O–H groups in total. The second-order valence-electron chi connectivity index (χ2n) is 7.41. The molecule has 4 aromatic rings. The average Bonchev–Trinajstić information content (AvgIpc) is 3.43. The Balaban J connectivity index is 1.26. The minimum Gasteiger partial charge on any atom is -0.323 e. The number of benzene rings is 3. The Morgan fingerprint density at radius 2 is 1.79 bits per heavy atom. The summed E-state index contributed by atoms with van der Waals surface area (Å²) in [6, 6.07) is 24.9. The molecule has 0 saturated heterocycles. The first kappa shape index (κ1) is 16.8. The second kappa shape index (κ2) is 6.97. The first-order valence-electron chi connectivity index (χ1n) is 9.63. The van der Waals surface area contributed by atoms with Gasteiger partial charge in [-0.2, -0.15) is 5.10 Å². The standard InChI is InChI=1S/C24H21N3O/c28-24(23-13-22(23)18-7-2-1-3-8-18)26-20-14-25-27(16-20)15-19-11-6-10-17-9-4-5-12-21(17)19/h1-12,14,16,22-23H,13,15H2,(H,26,28)/t22-,23-/m1/s1. The van der Waals surface area contributed by atoms with Crippen LogP contribution >= 0.6 is 0 Å². The van der Waals surface area contributed by atoms with Gasteiger partial charge in [0, 0.05) is 12.1 Å². The molecule has 1 amide bonds. The van der Waals surface area contributed by atoms with E-state index < -0.39 is 0 Å². The van der Waals surface area contributed by atoms with E-state index in [2.05, 4.69) is 58.9 Å². The number of nitrogens with zero attached hydrogens (tertiary/aromatic N) is 2. The van der Waals surface area contributed by atoms with Crippen LogP contribution in [0, 0.1) is 5.92 Å². The van der Waals surface area contributed by atoms with Crippen LogP contribution in [0.5, 0.6) is 0 Å². The van der Waals surface area contributed by atoms with Crippen LogP contribution in [-0.4, -0.2) is 15.7 Å². The van der Waals surface area contributed by atoms with Gasteiger partial charge >= 0.3 is 0 Å². The molecule has 0 unspecified atom stereocenters. The molecule has 0 aliphatic heterocycles. The molecule has 4 heteroatoms. The van der Waals surface area contributed by atoms with Gasteiger partial charge in [-0.1, -0.05) is 72.8 Å². The third-order valence-corrected chi connectivity index (χ3v) is 5.47. The molecule has 138 valence electrons. The number of hydrogen-bond donors (Lipinski definition) is 1. The molecular formula is C24H21N3O. The van der Waals surface area contributed by atoms with Crippen LogP contribution < -0.4 is 5.32 Å². The summed E-state index contributed by atoms with van der Waals surface area (Å²) in [6.07, 6.45) is 4.54. The lowest BCUT2D eigenvalue weighted by Crippen LogP contribution is -2.14. The summed E-state index contributed by atoms with van der Waals surface area (Å²) in [5.74, 6) is 0.481. The Labute approximate surface area is 163 Å². The van der Waals surface area contributed by atoms with E-state index in [1.165, 1.54) is 21.9 Å². The van der Waals surface area contributed by atoms with Crippen LogP contribution in [0.1, 0.15) is 23.5 Å². The van der Waals surface area contributed by atoms with E-state index in [0.717, 1.165) is 12.1 Å². The second-order valence-corrected chi connectivity index (χ2v) is 7.41. The minimum atomic E-state index is 0.0591. The molecular weight excluding hydrogens is 346 g/mol. The van der Waals surface area contributed by atoms with Crippen molar-refractivity contribution < 1.29 is 4.79 Å². The zero-order valence-electron chi connectivity index (χ0n) is 15.5. The van der Waals surface area contributed by atoms with Crippen molar-refractivity contribution in [3.8, 4) is 0 Å². The minimum absolute atomic E-state index is 0.0591. The van der Waals surface area contributed by atoms with Crippen molar-refractivity contribution in [2.24, 2.45) is 5.92 Å². The summed E-state index contributed by atoms with van der Waals surface area (Å²) in [5.41, 5.74) is 3.21. The maximum absolute atomic E-state index is 12.6. The molecule has 1 heterocycles. The van der Waals surface area contributed by atoms with Gasteiger partial charge in [0.2, 0.25) is 5.91 Å². The number of aromatic nitrogens is 2. The summed E-state index contributed by atoms with van der Waals surface area (Å²) in [5, 5.41) is 9.91. The SMILES string of the molecule is O=C(Nc1cnn(Cc2cccc3ccccc23)c1)[C@@H]1C[C@@H]1c1ccccc1. The van der Waals surface area contributed by atoms with Crippen molar-refractivity contribution in [1.29, 1.82) is 0 Å². The van der Waals surface area contributed by atoms with Crippen LogP contribution in [-0.2, 0) is 11.3 Å². The Kier molecular flexibility index (Phi) is 4.17. The lowest BCUT2D eigenvalue weighted by molar-refractivity contribution is -0.117. The Morgan fingerprint density at radius 3 is 2.68 bits per heavy atom. The smallest absolute Gasteiger partial charge is 0.228 e. The van der Waals surface area contributed by atoms with E-state index >= 15 is 0 Å². The molecule has 1 aliphatic rings. The molecule has 0 radical (unpaired) electrons. The zero-order valence-corrected chi connectivity index (χ0v) is 15.5. The fourth-order valence-electron chi connectivity index (χ4n) is 3.91. The zero-order chi connectivity index (χ0) is 18.9. The van der Waals surface area contributed by atoms with Crippen molar-refractivity contribution >= 4 is 22.4 Å². The highest BCUT2D eigenvalue weighted by molar-refractivity contribution is 5.95. The summed E-state index contributed by atoms with van der Waals surface area (Å²) in [6.45, 7) is 0.674. The van der Waals surface area contributed by atoms with Gasteiger partial charge < -0.3 is 5.32 Å². The maximum Gasteiger partial charge on any atom is 0.228 e. The molecule has 0 spiro atoms. The number of nitrogens with one attached hydrogen (secondary N) is 1. The summed E-state index contributed by atoms with van der Waals surface area (Å²) in [4.78, 5) is 12.6. The molecule has 4 nitrogen and oxygen atoms in total. The number of hydrogen-bond acceptors (Lipinski definition) is 2. The summed E-state index contributed by atoms with van der Waals surface area (Å²) < 4.78 is 1.87. The predicted molar refractivity (Wildman–Crippen MR) is 111 cm³/mol. The van der Waals surface area contributed by atoms with Gasteiger partial charge in [-0.05, 0) is 34.2 Å². The molecule has 2 atom stereocenters. The molecule has 3 aromatic carbocycles. The molecule has 1 saturated carbocycles. The quantitative estimate of drug-likeness (QED) is 0.549. The molecule has 28 heavy (non-hydrogen) atoms. The summed E-state index contributed by atoms with van der Waals surface area (Å²) >= 11 is 0. The molecule has 1 aromatic heterocycles. The van der Waals surface area contributed by atoms with Gasteiger partial charge in [-0.25, -0.2) is 0 Å². The van der Waals surface area contributed by atoms with Crippen LogP contribution in [0.15, 0.2) is 85.2 Å². The van der Waals surface area contributed by atoms with Crippen molar-refractivity contribution in [2.75, 3.05) is 5.32 Å². The normalized spacial score (nSPS) is 18.1. The van der Waals surface area contributed by atoms with Crippen LogP contribution in [0.3, 0.4) is 0 Å². The van der Waals surface area contributed by atoms with Gasteiger partial charge in [-0.15, -0.1) is 0 Å². The van der Waals surface area contributed by atoms with Crippen LogP contribution in [0.2, 0.25) is 0 Å². The van der Waals surface area contributed by atoms with Gasteiger partial charge in [-0.3, -0.25) is 9.48 Å². The van der Waals surface area contributed by atoms with Gasteiger partial charge in [0.05, 0.1) is 18.4 Å². The fourth-order valence-corrected chi connectivity index (χ4v) is 3.91. The predicted octanol–water partition coefficient (Wildman–Crippen LogP) is 4.83. The van der Waals surface area contributed by atoms with E-state index in [1.54, 1.807) is 6.20 Å². The van der Waals surface area contributed by atoms with Crippen molar-refractivity contribution in [2.45, 2.75) is 18.9 Å².